The topological polar surface area (TPSA) is 41.7 Å². The van der Waals surface area contributed by atoms with Crippen LogP contribution in [0.15, 0.2) is 18.2 Å². The summed E-state index contributed by atoms with van der Waals surface area (Å²) in [6.07, 6.45) is 2.02. The van der Waals surface area contributed by atoms with E-state index in [1.807, 2.05) is 18.2 Å². The number of likely N-dealkylation sites (N-methyl/N-ethyl adjacent to an activating group) is 1. The number of para-hydroxylation sites is 1. The molecule has 20 heavy (non-hydrogen) atoms. The van der Waals surface area contributed by atoms with Crippen LogP contribution < -0.4 is 15.4 Å². The van der Waals surface area contributed by atoms with Crippen molar-refractivity contribution in [2.45, 2.75) is 32.3 Å². The number of nitrogens with two attached hydrogens (primary N) is 1. The van der Waals surface area contributed by atoms with E-state index in [0.29, 0.717) is 0 Å². The number of hydrogen-bond donors (Lipinski definition) is 1. The summed E-state index contributed by atoms with van der Waals surface area (Å²) in [6, 6.07) is 5.96. The molecule has 1 aromatic rings. The minimum atomic E-state index is -0.0902. The Morgan fingerprint density at radius 1 is 1.30 bits per heavy atom. The number of rotatable bonds is 5. The van der Waals surface area contributed by atoms with Crippen LogP contribution in [0.2, 0.25) is 0 Å². The zero-order valence-corrected chi connectivity index (χ0v) is 13.1. The molecule has 2 rings (SSSR count). The fourth-order valence-corrected chi connectivity index (χ4v) is 2.78. The predicted octanol–water partition coefficient (Wildman–Crippen LogP) is 2.59. The van der Waals surface area contributed by atoms with E-state index >= 15 is 0 Å². The number of fused-ring (bicyclic) bond motifs is 1. The Kier molecular flexibility index (Phi) is 4.43. The van der Waals surface area contributed by atoms with Crippen molar-refractivity contribution in [3.8, 4) is 5.75 Å². The van der Waals surface area contributed by atoms with Gasteiger partial charge in [-0.2, -0.15) is 0 Å². The van der Waals surface area contributed by atoms with Crippen molar-refractivity contribution in [1.29, 1.82) is 0 Å². The van der Waals surface area contributed by atoms with Crippen LogP contribution in [-0.2, 0) is 0 Å². The fraction of sp³-hybridized carbons (Fsp3) is 0.625. The Morgan fingerprint density at radius 3 is 2.60 bits per heavy atom. The van der Waals surface area contributed by atoms with Crippen LogP contribution in [0.3, 0.4) is 0 Å². The average Bonchev–Trinajstić information content (AvgIpc) is 2.44. The summed E-state index contributed by atoms with van der Waals surface area (Å²) in [5, 5.41) is 0. The second-order valence-electron chi connectivity index (χ2n) is 5.91. The molecule has 1 heterocycles. The highest BCUT2D eigenvalue weighted by atomic mass is 16.5. The standard InChI is InChI=1S/C16H27N3O/c1-5-16(6-2)12-19(11-10-18(3)4)15-13(17)8-7-9-14(15)20-16/h7-9H,5-6,10-12,17H2,1-4H3. The maximum Gasteiger partial charge on any atom is 0.145 e. The Hall–Kier alpha value is -1.42. The second-order valence-corrected chi connectivity index (χ2v) is 5.91. The van der Waals surface area contributed by atoms with Crippen molar-refractivity contribution in [1.82, 2.24) is 4.90 Å². The first-order valence-corrected chi connectivity index (χ1v) is 7.48. The van der Waals surface area contributed by atoms with Crippen molar-refractivity contribution in [2.75, 3.05) is 44.4 Å². The summed E-state index contributed by atoms with van der Waals surface area (Å²) in [6.45, 7) is 7.29. The van der Waals surface area contributed by atoms with Crippen molar-refractivity contribution in [3.63, 3.8) is 0 Å². The Bertz CT molecular complexity index is 455. The van der Waals surface area contributed by atoms with E-state index < -0.39 is 0 Å². The maximum atomic E-state index is 6.30. The minimum absolute atomic E-state index is 0.0902. The summed E-state index contributed by atoms with van der Waals surface area (Å²) in [5.41, 5.74) is 7.95. The lowest BCUT2D eigenvalue weighted by Crippen LogP contribution is -2.51. The third-order valence-electron chi connectivity index (χ3n) is 4.26. The fourth-order valence-electron chi connectivity index (χ4n) is 2.78. The third-order valence-corrected chi connectivity index (χ3v) is 4.26. The summed E-state index contributed by atoms with van der Waals surface area (Å²) >= 11 is 0. The van der Waals surface area contributed by atoms with E-state index in [1.54, 1.807) is 0 Å². The van der Waals surface area contributed by atoms with Crippen molar-refractivity contribution < 1.29 is 4.74 Å². The number of anilines is 2. The van der Waals surface area contributed by atoms with Gasteiger partial charge in [0.2, 0.25) is 0 Å². The van der Waals surface area contributed by atoms with Gasteiger partial charge in [-0.3, -0.25) is 0 Å². The summed E-state index contributed by atoms with van der Waals surface area (Å²) < 4.78 is 6.30. The number of ether oxygens (including phenoxy) is 1. The second kappa shape index (κ2) is 5.92. The molecule has 0 atom stereocenters. The molecule has 0 aromatic heterocycles. The van der Waals surface area contributed by atoms with Gasteiger partial charge in [-0.1, -0.05) is 19.9 Å². The molecule has 0 unspecified atom stereocenters. The normalized spacial score (nSPS) is 16.9. The minimum Gasteiger partial charge on any atom is -0.483 e. The molecule has 1 aliphatic rings. The largest absolute Gasteiger partial charge is 0.483 e. The zero-order valence-electron chi connectivity index (χ0n) is 13.1. The molecule has 0 spiro atoms. The molecule has 0 aliphatic carbocycles. The van der Waals surface area contributed by atoms with E-state index in [9.17, 15) is 0 Å². The molecule has 0 saturated carbocycles. The molecular formula is C16H27N3O. The lowest BCUT2D eigenvalue weighted by Gasteiger charge is -2.44. The van der Waals surface area contributed by atoms with Gasteiger partial charge < -0.3 is 20.3 Å². The Balaban J connectivity index is 2.34. The van der Waals surface area contributed by atoms with Crippen LogP contribution in [0.1, 0.15) is 26.7 Å². The zero-order chi connectivity index (χ0) is 14.8. The number of benzene rings is 1. The van der Waals surface area contributed by atoms with Gasteiger partial charge >= 0.3 is 0 Å². The van der Waals surface area contributed by atoms with Crippen LogP contribution >= 0.6 is 0 Å². The van der Waals surface area contributed by atoms with Gasteiger partial charge in [-0.05, 0) is 39.1 Å². The quantitative estimate of drug-likeness (QED) is 0.840. The summed E-state index contributed by atoms with van der Waals surface area (Å²) in [4.78, 5) is 4.59. The number of nitrogen functional groups attached to an aromatic ring is 1. The van der Waals surface area contributed by atoms with Crippen LogP contribution in [0.4, 0.5) is 11.4 Å². The highest BCUT2D eigenvalue weighted by Gasteiger charge is 2.37. The highest BCUT2D eigenvalue weighted by molar-refractivity contribution is 5.76. The first-order chi connectivity index (χ1) is 9.51. The van der Waals surface area contributed by atoms with Gasteiger partial charge in [-0.15, -0.1) is 0 Å². The monoisotopic (exact) mass is 277 g/mol. The SMILES string of the molecule is CCC1(CC)CN(CCN(C)C)c2c(N)cccc2O1. The predicted molar refractivity (Wildman–Crippen MR) is 85.6 cm³/mol. The van der Waals surface area contributed by atoms with Gasteiger partial charge in [0.05, 0.1) is 12.2 Å². The average molecular weight is 277 g/mol. The molecule has 4 nitrogen and oxygen atoms in total. The molecule has 0 fully saturated rings. The molecular weight excluding hydrogens is 250 g/mol. The van der Waals surface area contributed by atoms with Gasteiger partial charge in [-0.25, -0.2) is 0 Å². The molecule has 1 aliphatic heterocycles. The molecule has 0 radical (unpaired) electrons. The molecule has 112 valence electrons. The van der Waals surface area contributed by atoms with Gasteiger partial charge in [0, 0.05) is 13.1 Å². The first kappa shape index (κ1) is 15.0. The molecule has 0 bridgehead atoms. The van der Waals surface area contributed by atoms with E-state index in [4.69, 9.17) is 10.5 Å². The Morgan fingerprint density at radius 2 is 2.00 bits per heavy atom. The molecule has 0 amide bonds. The number of nitrogens with zero attached hydrogens (tertiary/aromatic N) is 2. The van der Waals surface area contributed by atoms with E-state index in [0.717, 1.165) is 49.6 Å². The van der Waals surface area contributed by atoms with Crippen molar-refractivity contribution in [3.05, 3.63) is 18.2 Å². The maximum absolute atomic E-state index is 6.30. The van der Waals surface area contributed by atoms with Gasteiger partial charge in [0.1, 0.15) is 17.0 Å². The van der Waals surface area contributed by atoms with E-state index in [1.165, 1.54) is 0 Å². The third kappa shape index (κ3) is 2.85. The van der Waals surface area contributed by atoms with Crippen LogP contribution in [0, 0.1) is 0 Å². The smallest absolute Gasteiger partial charge is 0.145 e. The first-order valence-electron chi connectivity index (χ1n) is 7.48. The van der Waals surface area contributed by atoms with E-state index in [2.05, 4.69) is 37.7 Å². The van der Waals surface area contributed by atoms with Crippen LogP contribution in [0.5, 0.6) is 5.75 Å². The van der Waals surface area contributed by atoms with E-state index in [-0.39, 0.29) is 5.60 Å². The van der Waals surface area contributed by atoms with Crippen molar-refractivity contribution in [2.24, 2.45) is 0 Å². The number of hydrogen-bond acceptors (Lipinski definition) is 4. The lowest BCUT2D eigenvalue weighted by atomic mass is 9.93. The van der Waals surface area contributed by atoms with Gasteiger partial charge in [0.25, 0.3) is 0 Å². The van der Waals surface area contributed by atoms with Crippen LogP contribution in [-0.4, -0.2) is 44.2 Å². The molecule has 1 aromatic carbocycles. The molecule has 4 heteroatoms. The molecule has 0 saturated heterocycles. The molecule has 2 N–H and O–H groups in total. The highest BCUT2D eigenvalue weighted by Crippen LogP contribution is 2.42. The lowest BCUT2D eigenvalue weighted by molar-refractivity contribution is 0.0573. The van der Waals surface area contributed by atoms with Crippen molar-refractivity contribution >= 4 is 11.4 Å². The van der Waals surface area contributed by atoms with Crippen LogP contribution in [0.25, 0.3) is 0 Å². The summed E-state index contributed by atoms with van der Waals surface area (Å²) in [5.74, 6) is 0.929. The summed E-state index contributed by atoms with van der Waals surface area (Å²) in [7, 11) is 4.20. The van der Waals surface area contributed by atoms with Gasteiger partial charge in [0.15, 0.2) is 0 Å². The Labute approximate surface area is 122 Å².